The minimum atomic E-state index is 0.155. The summed E-state index contributed by atoms with van der Waals surface area (Å²) >= 11 is 1.79. The molecule has 20 heavy (non-hydrogen) atoms. The summed E-state index contributed by atoms with van der Waals surface area (Å²) in [6.45, 7) is 2.86. The monoisotopic (exact) mass is 290 g/mol. The van der Waals surface area contributed by atoms with E-state index in [1.54, 1.807) is 11.3 Å². The van der Waals surface area contributed by atoms with Gasteiger partial charge in [0.2, 0.25) is 0 Å². The maximum absolute atomic E-state index is 5.71. The normalized spacial score (nSPS) is 12.3. The molecule has 0 aliphatic heterocycles. The Balaban J connectivity index is 1.99. The van der Waals surface area contributed by atoms with E-state index in [0.717, 1.165) is 31.6 Å². The highest BCUT2D eigenvalue weighted by Crippen LogP contribution is 2.23. The minimum absolute atomic E-state index is 0.155. The van der Waals surface area contributed by atoms with Crippen molar-refractivity contribution in [3.8, 4) is 5.75 Å². The summed E-state index contributed by atoms with van der Waals surface area (Å²) in [5, 5.41) is 2.11. The Bertz CT molecular complexity index is 499. The Labute approximate surface area is 124 Å². The molecule has 3 N–H and O–H groups in total. The highest BCUT2D eigenvalue weighted by Gasteiger charge is 2.11. The van der Waals surface area contributed by atoms with Gasteiger partial charge in [-0.25, -0.2) is 0 Å². The SMILES string of the molecule is CCCOc1cccc(C(CCc2cccs2)NN)c1. The summed E-state index contributed by atoms with van der Waals surface area (Å²) in [5.74, 6) is 6.62. The summed E-state index contributed by atoms with van der Waals surface area (Å²) in [4.78, 5) is 1.39. The first kappa shape index (κ1) is 15.0. The molecular formula is C16H22N2OS. The summed E-state index contributed by atoms with van der Waals surface area (Å²) in [5.41, 5.74) is 4.09. The van der Waals surface area contributed by atoms with E-state index < -0.39 is 0 Å². The molecule has 108 valence electrons. The molecule has 2 aromatic rings. The van der Waals surface area contributed by atoms with Gasteiger partial charge in [-0.15, -0.1) is 11.3 Å². The molecule has 4 heteroatoms. The molecular weight excluding hydrogens is 268 g/mol. The molecule has 0 aliphatic rings. The van der Waals surface area contributed by atoms with E-state index in [4.69, 9.17) is 10.6 Å². The molecule has 0 aliphatic carbocycles. The van der Waals surface area contributed by atoms with Gasteiger partial charge in [0.15, 0.2) is 0 Å². The van der Waals surface area contributed by atoms with Crippen LogP contribution in [0.15, 0.2) is 41.8 Å². The van der Waals surface area contributed by atoms with Gasteiger partial charge >= 0.3 is 0 Å². The van der Waals surface area contributed by atoms with E-state index >= 15 is 0 Å². The number of hydrogen-bond donors (Lipinski definition) is 2. The van der Waals surface area contributed by atoms with Gasteiger partial charge in [0.1, 0.15) is 5.75 Å². The van der Waals surface area contributed by atoms with Gasteiger partial charge in [0.25, 0.3) is 0 Å². The molecule has 0 saturated carbocycles. The molecule has 0 bridgehead atoms. The summed E-state index contributed by atoms with van der Waals surface area (Å²) in [7, 11) is 0. The second-order valence-electron chi connectivity index (χ2n) is 4.76. The fraction of sp³-hybridized carbons (Fsp3) is 0.375. The lowest BCUT2D eigenvalue weighted by atomic mass is 10.0. The van der Waals surface area contributed by atoms with Crippen molar-refractivity contribution in [1.29, 1.82) is 0 Å². The first-order valence-corrected chi connectivity index (χ1v) is 7.92. The van der Waals surface area contributed by atoms with Gasteiger partial charge in [0, 0.05) is 10.9 Å². The second kappa shape index (κ2) is 8.04. The number of rotatable bonds is 8. The van der Waals surface area contributed by atoms with Crippen LogP contribution in [0.1, 0.15) is 36.2 Å². The molecule has 1 aromatic heterocycles. The maximum Gasteiger partial charge on any atom is 0.119 e. The smallest absolute Gasteiger partial charge is 0.119 e. The van der Waals surface area contributed by atoms with E-state index in [-0.39, 0.29) is 6.04 Å². The highest BCUT2D eigenvalue weighted by atomic mass is 32.1. The first-order valence-electron chi connectivity index (χ1n) is 7.04. The van der Waals surface area contributed by atoms with E-state index in [1.165, 1.54) is 10.4 Å². The predicted molar refractivity (Wildman–Crippen MR) is 84.9 cm³/mol. The van der Waals surface area contributed by atoms with Crippen molar-refractivity contribution in [1.82, 2.24) is 5.43 Å². The zero-order valence-corrected chi connectivity index (χ0v) is 12.7. The summed E-state index contributed by atoms with van der Waals surface area (Å²) in [6.07, 6.45) is 3.03. The van der Waals surface area contributed by atoms with E-state index in [0.29, 0.717) is 0 Å². The second-order valence-corrected chi connectivity index (χ2v) is 5.79. The summed E-state index contributed by atoms with van der Waals surface area (Å²) < 4.78 is 5.67. The third-order valence-corrected chi connectivity index (χ3v) is 4.13. The molecule has 0 saturated heterocycles. The van der Waals surface area contributed by atoms with Crippen molar-refractivity contribution >= 4 is 11.3 Å². The molecule has 0 amide bonds. The van der Waals surface area contributed by atoms with E-state index in [9.17, 15) is 0 Å². The van der Waals surface area contributed by atoms with Crippen molar-refractivity contribution in [2.24, 2.45) is 5.84 Å². The van der Waals surface area contributed by atoms with Gasteiger partial charge in [-0.2, -0.15) is 0 Å². The Morgan fingerprint density at radius 2 is 2.20 bits per heavy atom. The van der Waals surface area contributed by atoms with Gasteiger partial charge in [-0.3, -0.25) is 11.3 Å². The average molecular weight is 290 g/mol. The molecule has 0 fully saturated rings. The number of aryl methyl sites for hydroxylation is 1. The average Bonchev–Trinajstić information content (AvgIpc) is 2.99. The first-order chi connectivity index (χ1) is 9.83. The number of hydrogen-bond acceptors (Lipinski definition) is 4. The predicted octanol–water partition coefficient (Wildman–Crippen LogP) is 3.67. The van der Waals surface area contributed by atoms with E-state index in [2.05, 4.69) is 42.0 Å². The molecule has 3 nitrogen and oxygen atoms in total. The number of ether oxygens (including phenoxy) is 1. The van der Waals surface area contributed by atoms with Crippen LogP contribution in [0.4, 0.5) is 0 Å². The topological polar surface area (TPSA) is 47.3 Å². The molecule has 1 atom stereocenters. The van der Waals surface area contributed by atoms with Crippen LogP contribution < -0.4 is 16.0 Å². The van der Waals surface area contributed by atoms with Crippen LogP contribution in [-0.2, 0) is 6.42 Å². The van der Waals surface area contributed by atoms with Crippen LogP contribution in [0.3, 0.4) is 0 Å². The Morgan fingerprint density at radius 1 is 1.30 bits per heavy atom. The van der Waals surface area contributed by atoms with Gasteiger partial charge in [-0.1, -0.05) is 25.1 Å². The van der Waals surface area contributed by atoms with E-state index in [1.807, 2.05) is 12.1 Å². The molecule has 1 aromatic carbocycles. The number of thiophene rings is 1. The van der Waals surface area contributed by atoms with Crippen molar-refractivity contribution in [3.63, 3.8) is 0 Å². The maximum atomic E-state index is 5.71. The van der Waals surface area contributed by atoms with Crippen LogP contribution in [-0.4, -0.2) is 6.61 Å². The molecule has 0 radical (unpaired) electrons. The Morgan fingerprint density at radius 3 is 2.90 bits per heavy atom. The standard InChI is InChI=1S/C16H22N2OS/c1-2-10-19-14-6-3-5-13(12-14)16(18-17)9-8-15-7-4-11-20-15/h3-7,11-12,16,18H,2,8-10,17H2,1H3. The largest absolute Gasteiger partial charge is 0.494 e. The third-order valence-electron chi connectivity index (χ3n) is 3.19. The quantitative estimate of drug-likeness (QED) is 0.576. The lowest BCUT2D eigenvalue weighted by Crippen LogP contribution is -2.28. The van der Waals surface area contributed by atoms with Crippen molar-refractivity contribution in [3.05, 3.63) is 52.2 Å². The molecule has 2 rings (SSSR count). The van der Waals surface area contributed by atoms with Crippen LogP contribution in [0.2, 0.25) is 0 Å². The lowest BCUT2D eigenvalue weighted by molar-refractivity contribution is 0.316. The lowest BCUT2D eigenvalue weighted by Gasteiger charge is -2.17. The van der Waals surface area contributed by atoms with Crippen molar-refractivity contribution in [2.75, 3.05) is 6.61 Å². The van der Waals surface area contributed by atoms with Gasteiger partial charge < -0.3 is 4.74 Å². The third kappa shape index (κ3) is 4.34. The fourth-order valence-corrected chi connectivity index (χ4v) is 2.85. The molecule has 1 unspecified atom stereocenters. The number of nitrogens with two attached hydrogens (primary N) is 1. The minimum Gasteiger partial charge on any atom is -0.494 e. The van der Waals surface area contributed by atoms with Gasteiger partial charge in [0.05, 0.1) is 6.61 Å². The van der Waals surface area contributed by atoms with Crippen molar-refractivity contribution in [2.45, 2.75) is 32.2 Å². The molecule has 1 heterocycles. The van der Waals surface area contributed by atoms with Crippen LogP contribution >= 0.6 is 11.3 Å². The van der Waals surface area contributed by atoms with Crippen molar-refractivity contribution < 1.29 is 4.74 Å². The van der Waals surface area contributed by atoms with Crippen LogP contribution in [0, 0.1) is 0 Å². The van der Waals surface area contributed by atoms with Crippen LogP contribution in [0.25, 0.3) is 0 Å². The fourth-order valence-electron chi connectivity index (χ4n) is 2.13. The Kier molecular flexibility index (Phi) is 6.05. The summed E-state index contributed by atoms with van der Waals surface area (Å²) in [6, 6.07) is 12.6. The highest BCUT2D eigenvalue weighted by molar-refractivity contribution is 7.09. The Hall–Kier alpha value is -1.36. The number of nitrogens with one attached hydrogen (secondary N) is 1. The number of hydrazine groups is 1. The zero-order valence-electron chi connectivity index (χ0n) is 11.8. The number of benzene rings is 1. The van der Waals surface area contributed by atoms with Crippen LogP contribution in [0.5, 0.6) is 5.75 Å². The molecule has 0 spiro atoms. The van der Waals surface area contributed by atoms with Gasteiger partial charge in [-0.05, 0) is 48.4 Å². The zero-order chi connectivity index (χ0) is 14.2.